The number of aromatic nitrogens is 3. The molecule has 0 fully saturated rings. The zero-order valence-electron chi connectivity index (χ0n) is 18.3. The smallest absolute Gasteiger partial charge is 0.258 e. The van der Waals surface area contributed by atoms with Gasteiger partial charge < -0.3 is 10.1 Å². The molecule has 4 aromatic carbocycles. The van der Waals surface area contributed by atoms with Crippen LogP contribution in [0.5, 0.6) is 5.75 Å². The number of benzene rings is 4. The maximum atomic E-state index is 12.9. The Kier molecular flexibility index (Phi) is 6.38. The van der Waals surface area contributed by atoms with Crippen molar-refractivity contribution in [2.45, 2.75) is 0 Å². The number of rotatable bonds is 4. The first-order valence-electron chi connectivity index (χ1n) is 10.4. The number of ether oxygens (including phenoxy) is 1. The van der Waals surface area contributed by atoms with E-state index in [1.165, 1.54) is 4.80 Å². The third-order valence-electron chi connectivity index (χ3n) is 5.35. The van der Waals surface area contributed by atoms with Crippen LogP contribution in [-0.4, -0.2) is 33.1 Å². The first kappa shape index (κ1) is 23.2. The lowest BCUT2D eigenvalue weighted by molar-refractivity contribution is 0.0979. The summed E-state index contributed by atoms with van der Waals surface area (Å²) in [5, 5.41) is 17.2. The molecule has 0 aliphatic rings. The number of hydrogen-bond acceptors (Lipinski definition) is 5. The second-order valence-corrected chi connectivity index (χ2v) is 9.23. The lowest BCUT2D eigenvalue weighted by Crippen LogP contribution is -2.34. The van der Waals surface area contributed by atoms with E-state index < -0.39 is 0 Å². The van der Waals surface area contributed by atoms with Gasteiger partial charge in [0.05, 0.1) is 17.8 Å². The minimum Gasteiger partial charge on any atom is -0.495 e. The number of thiocarbonyl (C=S) groups is 1. The second-order valence-electron chi connectivity index (χ2n) is 7.56. The third kappa shape index (κ3) is 4.70. The molecule has 2 N–H and O–H groups in total. The highest BCUT2D eigenvalue weighted by atomic mass is 79.9. The van der Waals surface area contributed by atoms with E-state index in [4.69, 9.17) is 28.6 Å². The van der Waals surface area contributed by atoms with Crippen molar-refractivity contribution in [3.8, 4) is 11.4 Å². The average molecular weight is 567 g/mol. The molecule has 1 heterocycles. The molecule has 0 aliphatic carbocycles. The van der Waals surface area contributed by atoms with Crippen LogP contribution in [0, 0.1) is 0 Å². The zero-order valence-corrected chi connectivity index (χ0v) is 21.4. The molecule has 5 rings (SSSR count). The van der Waals surface area contributed by atoms with E-state index in [0.29, 0.717) is 38.7 Å². The van der Waals surface area contributed by atoms with Gasteiger partial charge in [-0.2, -0.15) is 4.80 Å². The summed E-state index contributed by atoms with van der Waals surface area (Å²) in [6.07, 6.45) is 0. The van der Waals surface area contributed by atoms with Gasteiger partial charge >= 0.3 is 0 Å². The topological polar surface area (TPSA) is 81.1 Å². The summed E-state index contributed by atoms with van der Waals surface area (Å²) in [7, 11) is 1.56. The fraction of sp³-hybridized carbons (Fsp3) is 0.0400. The van der Waals surface area contributed by atoms with Crippen LogP contribution in [0.3, 0.4) is 0 Å². The fourth-order valence-electron chi connectivity index (χ4n) is 3.69. The molecule has 0 aliphatic heterocycles. The Bertz CT molecular complexity index is 1620. The molecule has 0 saturated heterocycles. The highest BCUT2D eigenvalue weighted by Gasteiger charge is 2.13. The summed E-state index contributed by atoms with van der Waals surface area (Å²) in [4.78, 5) is 14.4. The Balaban J connectivity index is 1.33. The summed E-state index contributed by atoms with van der Waals surface area (Å²) in [6, 6.07) is 22.0. The van der Waals surface area contributed by atoms with Crippen molar-refractivity contribution in [3.63, 3.8) is 0 Å². The highest BCUT2D eigenvalue weighted by Crippen LogP contribution is 2.28. The molecule has 5 aromatic rings. The predicted octanol–water partition coefficient (Wildman–Crippen LogP) is 6.13. The van der Waals surface area contributed by atoms with Gasteiger partial charge in [0, 0.05) is 15.7 Å². The number of anilines is 1. The van der Waals surface area contributed by atoms with Gasteiger partial charge in [-0.15, -0.1) is 10.2 Å². The minimum absolute atomic E-state index is 0.177. The van der Waals surface area contributed by atoms with E-state index in [0.717, 1.165) is 15.2 Å². The molecule has 0 unspecified atom stereocenters. The number of amides is 1. The fourth-order valence-corrected chi connectivity index (χ4v) is 4.65. The van der Waals surface area contributed by atoms with Gasteiger partial charge in [-0.05, 0) is 71.5 Å². The van der Waals surface area contributed by atoms with Gasteiger partial charge in [0.25, 0.3) is 5.91 Å². The van der Waals surface area contributed by atoms with Crippen molar-refractivity contribution >= 4 is 78.3 Å². The molecular weight excluding hydrogens is 550 g/mol. The summed E-state index contributed by atoms with van der Waals surface area (Å²) >= 11 is 15.1. The van der Waals surface area contributed by atoms with E-state index in [1.54, 1.807) is 31.4 Å². The second kappa shape index (κ2) is 9.61. The summed E-state index contributed by atoms with van der Waals surface area (Å²) in [5.41, 5.74) is 3.24. The first-order valence-corrected chi connectivity index (χ1v) is 12.0. The van der Waals surface area contributed by atoms with E-state index in [1.807, 2.05) is 48.5 Å². The third-order valence-corrected chi connectivity index (χ3v) is 6.54. The zero-order chi connectivity index (χ0) is 24.5. The van der Waals surface area contributed by atoms with E-state index in [-0.39, 0.29) is 11.0 Å². The van der Waals surface area contributed by atoms with Crippen LogP contribution in [0.1, 0.15) is 10.4 Å². The number of nitrogens with zero attached hydrogens (tertiary/aromatic N) is 3. The lowest BCUT2D eigenvalue weighted by Gasteiger charge is -2.11. The number of nitrogens with one attached hydrogen (secondary N) is 2. The van der Waals surface area contributed by atoms with Crippen LogP contribution in [0.4, 0.5) is 5.69 Å². The summed E-state index contributed by atoms with van der Waals surface area (Å²) in [6.45, 7) is 0. The van der Waals surface area contributed by atoms with Gasteiger partial charge in [-0.3, -0.25) is 10.1 Å². The number of halogens is 2. The van der Waals surface area contributed by atoms with Crippen molar-refractivity contribution in [2.75, 3.05) is 12.4 Å². The molecule has 174 valence electrons. The quantitative estimate of drug-likeness (QED) is 0.255. The number of hydrogen-bond donors (Lipinski definition) is 2. The molecule has 7 nitrogen and oxygen atoms in total. The minimum atomic E-state index is -0.297. The molecule has 0 bridgehead atoms. The van der Waals surface area contributed by atoms with Crippen LogP contribution in [0.15, 0.2) is 77.3 Å². The van der Waals surface area contributed by atoms with Crippen molar-refractivity contribution in [1.29, 1.82) is 0 Å². The standard InChI is InChI=1S/C25H17BrClN5O2S/c1-34-23-11-9-15(13-20(23)27)32-30-21-10-8-14(12-22(21)31-32)28-25(35)29-24(33)18-6-2-5-17-16(18)4-3-7-19(17)26/h2-13H,1H3,(H2,28,29,33,35). The van der Waals surface area contributed by atoms with Gasteiger partial charge in [0.15, 0.2) is 5.11 Å². The van der Waals surface area contributed by atoms with Crippen molar-refractivity contribution in [1.82, 2.24) is 20.3 Å². The van der Waals surface area contributed by atoms with Gasteiger partial charge in [-0.1, -0.05) is 51.8 Å². The van der Waals surface area contributed by atoms with E-state index >= 15 is 0 Å². The lowest BCUT2D eigenvalue weighted by atomic mass is 10.0. The molecule has 0 radical (unpaired) electrons. The molecular formula is C25H17BrClN5O2S. The molecule has 35 heavy (non-hydrogen) atoms. The monoisotopic (exact) mass is 565 g/mol. The highest BCUT2D eigenvalue weighted by molar-refractivity contribution is 9.10. The normalized spacial score (nSPS) is 10.9. The Labute approximate surface area is 219 Å². The van der Waals surface area contributed by atoms with Gasteiger partial charge in [0.1, 0.15) is 16.8 Å². The molecule has 0 saturated carbocycles. The molecule has 0 atom stereocenters. The van der Waals surface area contributed by atoms with Crippen LogP contribution in [-0.2, 0) is 0 Å². The van der Waals surface area contributed by atoms with E-state index in [9.17, 15) is 4.79 Å². The number of carbonyl (C=O) groups is 1. The van der Waals surface area contributed by atoms with E-state index in [2.05, 4.69) is 36.8 Å². The Morgan fingerprint density at radius 3 is 2.57 bits per heavy atom. The van der Waals surface area contributed by atoms with Crippen LogP contribution in [0.25, 0.3) is 27.5 Å². The molecule has 10 heteroatoms. The average Bonchev–Trinajstić information content (AvgIpc) is 3.27. The number of methoxy groups -OCH3 is 1. The number of carbonyl (C=O) groups excluding carboxylic acids is 1. The molecule has 1 amide bonds. The van der Waals surface area contributed by atoms with Gasteiger partial charge in [-0.25, -0.2) is 0 Å². The number of fused-ring (bicyclic) bond motifs is 2. The van der Waals surface area contributed by atoms with Crippen LogP contribution in [0.2, 0.25) is 5.02 Å². The van der Waals surface area contributed by atoms with Crippen molar-refractivity contribution in [3.05, 3.63) is 87.9 Å². The first-order chi connectivity index (χ1) is 16.9. The Hall–Kier alpha value is -3.53. The SMILES string of the molecule is COc1ccc(-n2nc3ccc(NC(=S)NC(=O)c4cccc5c(Br)cccc45)cc3n2)cc1Cl. The predicted molar refractivity (Wildman–Crippen MR) is 146 cm³/mol. The maximum absolute atomic E-state index is 12.9. The van der Waals surface area contributed by atoms with Gasteiger partial charge in [0.2, 0.25) is 0 Å². The van der Waals surface area contributed by atoms with Crippen molar-refractivity contribution < 1.29 is 9.53 Å². The largest absolute Gasteiger partial charge is 0.495 e. The Morgan fingerprint density at radius 2 is 1.77 bits per heavy atom. The maximum Gasteiger partial charge on any atom is 0.258 e. The summed E-state index contributed by atoms with van der Waals surface area (Å²) < 4.78 is 6.11. The Morgan fingerprint density at radius 1 is 1.00 bits per heavy atom. The van der Waals surface area contributed by atoms with Crippen LogP contribution >= 0.6 is 39.7 Å². The molecule has 1 aromatic heterocycles. The summed E-state index contributed by atoms with van der Waals surface area (Å²) in [5.74, 6) is 0.278. The molecule has 0 spiro atoms. The van der Waals surface area contributed by atoms with Crippen LogP contribution < -0.4 is 15.4 Å². The van der Waals surface area contributed by atoms with Crippen molar-refractivity contribution in [2.24, 2.45) is 0 Å².